The first kappa shape index (κ1) is 25.2. The lowest BCUT2D eigenvalue weighted by Crippen LogP contribution is -2.63. The zero-order chi connectivity index (χ0) is 26.0. The molecule has 1 aliphatic heterocycles. The molecule has 4 aliphatic rings. The highest BCUT2D eigenvalue weighted by Crippen LogP contribution is 2.68. The summed E-state index contributed by atoms with van der Waals surface area (Å²) in [5, 5.41) is 14.7. The summed E-state index contributed by atoms with van der Waals surface area (Å²) >= 11 is 0. The molecule has 8 heteroatoms. The molecule has 8 atom stereocenters. The number of nitrogens with zero attached hydrogens (tertiary/aromatic N) is 2. The smallest absolute Gasteiger partial charge is 0.345 e. The molecule has 2 unspecified atom stereocenters. The van der Waals surface area contributed by atoms with Gasteiger partial charge in [-0.15, -0.1) is 6.58 Å². The number of Topliss-reactive ketones (excluding diaryl/α,β-unsaturated/α-hetero) is 1. The van der Waals surface area contributed by atoms with E-state index in [2.05, 4.69) is 37.7 Å². The SMILES string of the molecule is C=C[C@]1(C)C[C@@H](OC(=O)c2cnc3n(c2=O)CCCN3)[C@]2(C)C(C)CC[C@]3(CCC(=O)C32)[C@@H](C)[C@@H]1O. The lowest BCUT2D eigenvalue weighted by atomic mass is 9.44. The maximum absolute atomic E-state index is 13.6. The van der Waals surface area contributed by atoms with Gasteiger partial charge in [0.05, 0.1) is 12.3 Å². The summed E-state index contributed by atoms with van der Waals surface area (Å²) in [6.07, 6.45) is 5.75. The highest BCUT2D eigenvalue weighted by Gasteiger charge is 2.68. The summed E-state index contributed by atoms with van der Waals surface area (Å²) in [4.78, 5) is 44.6. The lowest BCUT2D eigenvalue weighted by molar-refractivity contribution is -0.192. The van der Waals surface area contributed by atoms with Gasteiger partial charge >= 0.3 is 5.97 Å². The Morgan fingerprint density at radius 1 is 1.31 bits per heavy atom. The van der Waals surface area contributed by atoms with Gasteiger partial charge in [-0.25, -0.2) is 9.78 Å². The van der Waals surface area contributed by atoms with E-state index in [0.29, 0.717) is 25.3 Å². The minimum absolute atomic E-state index is 0.0950. The van der Waals surface area contributed by atoms with E-state index in [9.17, 15) is 19.5 Å². The zero-order valence-corrected chi connectivity index (χ0v) is 21.9. The van der Waals surface area contributed by atoms with Crippen LogP contribution in [0.4, 0.5) is 5.95 Å². The third-order valence-corrected chi connectivity index (χ3v) is 10.7. The number of nitrogens with one attached hydrogen (secondary N) is 1. The van der Waals surface area contributed by atoms with Crippen LogP contribution in [0.1, 0.15) is 76.6 Å². The van der Waals surface area contributed by atoms with Gasteiger partial charge in [-0.2, -0.15) is 0 Å². The highest BCUT2D eigenvalue weighted by atomic mass is 16.5. The summed E-state index contributed by atoms with van der Waals surface area (Å²) in [6.45, 7) is 13.5. The second kappa shape index (κ2) is 8.54. The maximum Gasteiger partial charge on any atom is 0.345 e. The van der Waals surface area contributed by atoms with E-state index in [1.54, 1.807) is 6.08 Å². The van der Waals surface area contributed by atoms with Crippen LogP contribution in [0.3, 0.4) is 0 Å². The number of hydrogen-bond acceptors (Lipinski definition) is 7. The molecule has 2 N–H and O–H groups in total. The van der Waals surface area contributed by atoms with Crippen LogP contribution in [-0.2, 0) is 16.1 Å². The van der Waals surface area contributed by atoms with E-state index >= 15 is 0 Å². The number of aliphatic hydroxyl groups excluding tert-OH is 1. The van der Waals surface area contributed by atoms with Crippen LogP contribution >= 0.6 is 0 Å². The van der Waals surface area contributed by atoms with E-state index in [4.69, 9.17) is 4.74 Å². The molecule has 0 amide bonds. The van der Waals surface area contributed by atoms with E-state index in [-0.39, 0.29) is 34.5 Å². The van der Waals surface area contributed by atoms with Crippen molar-refractivity contribution in [1.82, 2.24) is 9.55 Å². The first-order valence-corrected chi connectivity index (χ1v) is 13.4. The Morgan fingerprint density at radius 3 is 2.78 bits per heavy atom. The summed E-state index contributed by atoms with van der Waals surface area (Å²) in [7, 11) is 0. The van der Waals surface area contributed by atoms with Gasteiger partial charge in [0, 0.05) is 36.3 Å². The van der Waals surface area contributed by atoms with Gasteiger partial charge in [0.15, 0.2) is 0 Å². The average molecular weight is 498 g/mol. The summed E-state index contributed by atoms with van der Waals surface area (Å²) in [5.41, 5.74) is -2.21. The number of ether oxygens (including phenoxy) is 1. The normalized spacial score (nSPS) is 41.8. The summed E-state index contributed by atoms with van der Waals surface area (Å²) < 4.78 is 7.73. The fourth-order valence-electron chi connectivity index (χ4n) is 8.11. The average Bonchev–Trinajstić information content (AvgIpc) is 3.23. The van der Waals surface area contributed by atoms with Gasteiger partial charge < -0.3 is 15.2 Å². The van der Waals surface area contributed by atoms with Crippen molar-refractivity contribution in [3.05, 3.63) is 34.8 Å². The highest BCUT2D eigenvalue weighted by molar-refractivity contribution is 5.89. The standard InChI is InChI=1S/C28H39N3O5/c1-6-26(4)14-20(36-24(35)18-15-30-25-29-12-7-13-31(25)23(18)34)27(5)16(2)8-10-28(17(3)22(26)33)11-9-19(32)21(27)28/h6,15-17,20-22,33H,1,7-14H2,2-5H3,(H,29,30)/t16?,17-,20+,21?,22-,26+,27-,28-/m0/s1. The largest absolute Gasteiger partial charge is 0.458 e. The molecule has 36 heavy (non-hydrogen) atoms. The third kappa shape index (κ3) is 3.36. The monoisotopic (exact) mass is 497 g/mol. The molecule has 2 bridgehead atoms. The second-order valence-corrected chi connectivity index (χ2v) is 12.2. The van der Waals surface area contributed by atoms with Crippen LogP contribution in [0, 0.1) is 34.0 Å². The van der Waals surface area contributed by atoms with Gasteiger partial charge in [0.1, 0.15) is 17.5 Å². The molecule has 0 radical (unpaired) electrons. The molecule has 1 aromatic rings. The Labute approximate surface area is 212 Å². The molecular weight excluding hydrogens is 458 g/mol. The van der Waals surface area contributed by atoms with Crippen LogP contribution in [0.25, 0.3) is 0 Å². The number of ketones is 1. The number of carbonyl (C=O) groups excluding carboxylic acids is 2. The minimum atomic E-state index is -0.732. The summed E-state index contributed by atoms with van der Waals surface area (Å²) in [6, 6.07) is 0. The zero-order valence-electron chi connectivity index (χ0n) is 21.9. The van der Waals surface area contributed by atoms with Gasteiger partial charge in [-0.1, -0.05) is 33.8 Å². The molecule has 1 aromatic heterocycles. The van der Waals surface area contributed by atoms with E-state index in [1.807, 2.05) is 6.92 Å². The third-order valence-electron chi connectivity index (χ3n) is 10.7. The van der Waals surface area contributed by atoms with Crippen LogP contribution in [0.15, 0.2) is 23.6 Å². The molecule has 3 aliphatic carbocycles. The maximum atomic E-state index is 13.6. The van der Waals surface area contributed by atoms with E-state index < -0.39 is 34.6 Å². The van der Waals surface area contributed by atoms with Gasteiger partial charge in [0.25, 0.3) is 5.56 Å². The molecule has 196 valence electrons. The quantitative estimate of drug-likeness (QED) is 0.485. The predicted molar refractivity (Wildman–Crippen MR) is 136 cm³/mol. The Balaban J connectivity index is 1.60. The predicted octanol–water partition coefficient (Wildman–Crippen LogP) is 3.58. The van der Waals surface area contributed by atoms with Gasteiger partial charge in [-0.3, -0.25) is 14.2 Å². The molecule has 0 saturated heterocycles. The first-order valence-electron chi connectivity index (χ1n) is 13.4. The molecule has 5 rings (SSSR count). The number of aliphatic hydroxyl groups is 1. The fourth-order valence-corrected chi connectivity index (χ4v) is 8.11. The number of esters is 1. The van der Waals surface area contributed by atoms with Crippen molar-refractivity contribution >= 4 is 17.7 Å². The van der Waals surface area contributed by atoms with Crippen molar-refractivity contribution in [1.29, 1.82) is 0 Å². The van der Waals surface area contributed by atoms with Crippen LogP contribution in [-0.4, -0.2) is 45.2 Å². The number of hydrogen-bond donors (Lipinski definition) is 2. The Kier molecular flexibility index (Phi) is 5.97. The molecular formula is C28H39N3O5. The number of carbonyl (C=O) groups is 2. The Bertz CT molecular complexity index is 1160. The number of fused-ring (bicyclic) bond motifs is 1. The van der Waals surface area contributed by atoms with Crippen molar-refractivity contribution in [3.63, 3.8) is 0 Å². The Hall–Kier alpha value is -2.48. The van der Waals surface area contributed by atoms with Gasteiger partial charge in [0.2, 0.25) is 5.95 Å². The molecule has 2 heterocycles. The van der Waals surface area contributed by atoms with E-state index in [1.165, 1.54) is 10.8 Å². The fraction of sp³-hybridized carbons (Fsp3) is 0.714. The van der Waals surface area contributed by atoms with Crippen molar-refractivity contribution in [2.24, 2.45) is 34.0 Å². The topological polar surface area (TPSA) is 111 Å². The van der Waals surface area contributed by atoms with Crippen molar-refractivity contribution < 1.29 is 19.4 Å². The van der Waals surface area contributed by atoms with E-state index in [0.717, 1.165) is 32.2 Å². The molecule has 8 nitrogen and oxygen atoms in total. The van der Waals surface area contributed by atoms with Crippen molar-refractivity contribution in [2.45, 2.75) is 85.0 Å². The lowest BCUT2D eigenvalue weighted by Gasteiger charge is -2.61. The summed E-state index contributed by atoms with van der Waals surface area (Å²) in [5.74, 6) is -0.339. The van der Waals surface area contributed by atoms with Crippen molar-refractivity contribution in [3.8, 4) is 0 Å². The Morgan fingerprint density at radius 2 is 2.06 bits per heavy atom. The molecule has 0 spiro atoms. The minimum Gasteiger partial charge on any atom is -0.458 e. The van der Waals surface area contributed by atoms with Crippen LogP contribution in [0.2, 0.25) is 0 Å². The van der Waals surface area contributed by atoms with Crippen LogP contribution in [0.5, 0.6) is 0 Å². The molecule has 0 aromatic carbocycles. The van der Waals surface area contributed by atoms with Crippen molar-refractivity contribution in [2.75, 3.05) is 11.9 Å². The van der Waals surface area contributed by atoms with Crippen LogP contribution < -0.4 is 10.9 Å². The first-order chi connectivity index (χ1) is 17.0. The second-order valence-electron chi connectivity index (χ2n) is 12.2. The van der Waals surface area contributed by atoms with Gasteiger partial charge in [-0.05, 0) is 49.4 Å². The molecule has 3 saturated carbocycles. The number of rotatable bonds is 3. The number of aromatic nitrogens is 2. The molecule has 3 fully saturated rings. The number of anilines is 1.